The summed E-state index contributed by atoms with van der Waals surface area (Å²) in [6.45, 7) is 9.63. The first-order valence-electron chi connectivity index (χ1n) is 11.0. The van der Waals surface area contributed by atoms with Gasteiger partial charge >= 0.3 is 0 Å². The van der Waals surface area contributed by atoms with Gasteiger partial charge in [-0.15, -0.1) is 0 Å². The fourth-order valence-corrected chi connectivity index (χ4v) is 4.53. The molecule has 0 saturated heterocycles. The summed E-state index contributed by atoms with van der Waals surface area (Å²) >= 11 is 3.47. The van der Waals surface area contributed by atoms with Crippen molar-refractivity contribution in [1.82, 2.24) is 9.80 Å². The SMILES string of the molecule is CCOc1ccc2c(=O)c3c(oc2c1)C(=O)N(CCN(CC)CC)C3c1ccc(Br)cc1. The van der Waals surface area contributed by atoms with E-state index >= 15 is 0 Å². The van der Waals surface area contributed by atoms with Gasteiger partial charge in [0.05, 0.1) is 23.6 Å². The zero-order chi connectivity index (χ0) is 22.8. The summed E-state index contributed by atoms with van der Waals surface area (Å²) in [4.78, 5) is 31.1. The molecule has 1 atom stereocenters. The van der Waals surface area contributed by atoms with Crippen molar-refractivity contribution in [3.63, 3.8) is 0 Å². The number of carbonyl (C=O) groups excluding carboxylic acids is 1. The molecule has 0 aliphatic carbocycles. The van der Waals surface area contributed by atoms with E-state index in [2.05, 4.69) is 34.7 Å². The van der Waals surface area contributed by atoms with Gasteiger partial charge in [-0.05, 0) is 49.8 Å². The Kier molecular flexibility index (Phi) is 6.67. The smallest absolute Gasteiger partial charge is 0.290 e. The molecule has 0 bridgehead atoms. The Morgan fingerprint density at radius 3 is 2.44 bits per heavy atom. The molecule has 2 heterocycles. The second-order valence-electron chi connectivity index (χ2n) is 7.74. The maximum atomic E-state index is 13.6. The standard InChI is InChI=1S/C25H27BrN2O4/c1-4-27(5-2)13-14-28-22(16-7-9-17(26)10-8-16)21-23(29)19-12-11-18(31-6-3)15-20(19)32-24(21)25(28)30/h7-12,15,22H,4-6,13-14H2,1-3H3. The van der Waals surface area contributed by atoms with Crippen molar-refractivity contribution in [2.75, 3.05) is 32.8 Å². The molecule has 0 N–H and O–H groups in total. The molecule has 1 aliphatic heterocycles. The summed E-state index contributed by atoms with van der Waals surface area (Å²) in [6, 6.07) is 12.4. The first kappa shape index (κ1) is 22.6. The van der Waals surface area contributed by atoms with E-state index in [0.717, 1.165) is 29.7 Å². The Bertz CT molecular complexity index is 1190. The number of carbonyl (C=O) groups is 1. The predicted molar refractivity (Wildman–Crippen MR) is 128 cm³/mol. The third-order valence-electron chi connectivity index (χ3n) is 5.99. The van der Waals surface area contributed by atoms with Crippen LogP contribution >= 0.6 is 15.9 Å². The third kappa shape index (κ3) is 4.07. The highest BCUT2D eigenvalue weighted by Crippen LogP contribution is 2.38. The average Bonchev–Trinajstić information content (AvgIpc) is 3.07. The third-order valence-corrected chi connectivity index (χ3v) is 6.52. The van der Waals surface area contributed by atoms with Crippen LogP contribution in [0.1, 0.15) is 48.5 Å². The zero-order valence-electron chi connectivity index (χ0n) is 18.6. The Labute approximate surface area is 195 Å². The number of benzene rings is 2. The predicted octanol–water partition coefficient (Wildman–Crippen LogP) is 4.84. The van der Waals surface area contributed by atoms with Crippen molar-refractivity contribution in [3.05, 3.63) is 74.0 Å². The van der Waals surface area contributed by atoms with Gasteiger partial charge in [0.2, 0.25) is 5.76 Å². The summed E-state index contributed by atoms with van der Waals surface area (Å²) in [5.41, 5.74) is 1.50. The van der Waals surface area contributed by atoms with Gasteiger partial charge in [-0.25, -0.2) is 0 Å². The quantitative estimate of drug-likeness (QED) is 0.444. The lowest BCUT2D eigenvalue weighted by molar-refractivity contribution is 0.0708. The van der Waals surface area contributed by atoms with Crippen molar-refractivity contribution < 1.29 is 13.9 Å². The fourth-order valence-electron chi connectivity index (χ4n) is 4.27. The van der Waals surface area contributed by atoms with Crippen LogP contribution in [0.25, 0.3) is 11.0 Å². The number of fused-ring (bicyclic) bond motifs is 2. The molecule has 0 fully saturated rings. The molecule has 7 heteroatoms. The number of hydrogen-bond donors (Lipinski definition) is 0. The van der Waals surface area contributed by atoms with Crippen molar-refractivity contribution in [2.45, 2.75) is 26.8 Å². The lowest BCUT2D eigenvalue weighted by Gasteiger charge is -2.28. The monoisotopic (exact) mass is 498 g/mol. The first-order chi connectivity index (χ1) is 15.5. The average molecular weight is 499 g/mol. The number of amides is 1. The highest BCUT2D eigenvalue weighted by atomic mass is 79.9. The number of nitrogens with zero attached hydrogens (tertiary/aromatic N) is 2. The number of rotatable bonds is 8. The Morgan fingerprint density at radius 2 is 1.78 bits per heavy atom. The summed E-state index contributed by atoms with van der Waals surface area (Å²) in [5, 5.41) is 0.452. The normalized spacial score (nSPS) is 15.6. The molecule has 0 radical (unpaired) electrons. The van der Waals surface area contributed by atoms with E-state index in [9.17, 15) is 9.59 Å². The molecule has 6 nitrogen and oxygen atoms in total. The minimum absolute atomic E-state index is 0.128. The number of hydrogen-bond acceptors (Lipinski definition) is 5. The largest absolute Gasteiger partial charge is 0.494 e. The van der Waals surface area contributed by atoms with Crippen molar-refractivity contribution in [3.8, 4) is 5.75 Å². The van der Waals surface area contributed by atoms with Crippen LogP contribution in [-0.4, -0.2) is 48.5 Å². The van der Waals surface area contributed by atoms with E-state index in [-0.39, 0.29) is 17.1 Å². The Morgan fingerprint density at radius 1 is 1.06 bits per heavy atom. The van der Waals surface area contributed by atoms with Crippen molar-refractivity contribution in [1.29, 1.82) is 0 Å². The summed E-state index contributed by atoms with van der Waals surface area (Å²) < 4.78 is 12.5. The van der Waals surface area contributed by atoms with Crippen LogP contribution in [0.3, 0.4) is 0 Å². The van der Waals surface area contributed by atoms with Gasteiger partial charge in [0.25, 0.3) is 5.91 Å². The van der Waals surface area contributed by atoms with Crippen LogP contribution in [0.4, 0.5) is 0 Å². The summed E-state index contributed by atoms with van der Waals surface area (Å²) in [7, 11) is 0. The van der Waals surface area contributed by atoms with Gasteiger partial charge in [0, 0.05) is 23.6 Å². The van der Waals surface area contributed by atoms with E-state index in [4.69, 9.17) is 9.15 Å². The Hall–Kier alpha value is -2.64. The number of ether oxygens (including phenoxy) is 1. The molecule has 4 rings (SSSR count). The zero-order valence-corrected chi connectivity index (χ0v) is 20.1. The van der Waals surface area contributed by atoms with E-state index in [1.54, 1.807) is 23.1 Å². The lowest BCUT2D eigenvalue weighted by Crippen LogP contribution is -2.37. The molecule has 1 aliphatic rings. The second-order valence-corrected chi connectivity index (χ2v) is 8.66. The van der Waals surface area contributed by atoms with Crippen LogP contribution in [0.2, 0.25) is 0 Å². The van der Waals surface area contributed by atoms with Crippen LogP contribution < -0.4 is 10.2 Å². The van der Waals surface area contributed by atoms with Gasteiger partial charge in [0.1, 0.15) is 11.3 Å². The fraction of sp³-hybridized carbons (Fsp3) is 0.360. The second kappa shape index (κ2) is 9.46. The molecule has 0 spiro atoms. The molecule has 168 valence electrons. The molecule has 1 aromatic heterocycles. The topological polar surface area (TPSA) is 63.0 Å². The van der Waals surface area contributed by atoms with Crippen molar-refractivity contribution in [2.24, 2.45) is 0 Å². The van der Waals surface area contributed by atoms with E-state index in [1.165, 1.54) is 0 Å². The molecule has 1 amide bonds. The molecule has 2 aromatic carbocycles. The lowest BCUT2D eigenvalue weighted by atomic mass is 9.98. The first-order valence-corrected chi connectivity index (χ1v) is 11.8. The molecule has 1 unspecified atom stereocenters. The van der Waals surface area contributed by atoms with Crippen LogP contribution in [0.15, 0.2) is 56.1 Å². The number of likely N-dealkylation sites (N-methyl/N-ethyl adjacent to an activating group) is 1. The summed E-state index contributed by atoms with van der Waals surface area (Å²) in [6.07, 6.45) is 0. The van der Waals surface area contributed by atoms with Crippen LogP contribution in [0, 0.1) is 0 Å². The maximum absolute atomic E-state index is 13.6. The van der Waals surface area contributed by atoms with Crippen molar-refractivity contribution >= 4 is 32.8 Å². The maximum Gasteiger partial charge on any atom is 0.290 e. The molecule has 32 heavy (non-hydrogen) atoms. The highest BCUT2D eigenvalue weighted by molar-refractivity contribution is 9.10. The highest BCUT2D eigenvalue weighted by Gasteiger charge is 2.42. The molecule has 0 saturated carbocycles. The molecule has 3 aromatic rings. The van der Waals surface area contributed by atoms with Crippen LogP contribution in [0.5, 0.6) is 5.75 Å². The van der Waals surface area contributed by atoms with E-state index in [1.807, 2.05) is 31.2 Å². The van der Waals surface area contributed by atoms with Crippen LogP contribution in [-0.2, 0) is 0 Å². The minimum Gasteiger partial charge on any atom is -0.494 e. The van der Waals surface area contributed by atoms with E-state index in [0.29, 0.717) is 35.4 Å². The molecular formula is C25H27BrN2O4. The Balaban J connectivity index is 1.85. The van der Waals surface area contributed by atoms with Gasteiger partial charge in [-0.1, -0.05) is 41.9 Å². The van der Waals surface area contributed by atoms with Gasteiger partial charge in [-0.2, -0.15) is 0 Å². The van der Waals surface area contributed by atoms with E-state index < -0.39 is 6.04 Å². The molecular weight excluding hydrogens is 472 g/mol. The number of halogens is 1. The van der Waals surface area contributed by atoms with Gasteiger partial charge in [0.15, 0.2) is 5.43 Å². The van der Waals surface area contributed by atoms with Gasteiger partial charge in [-0.3, -0.25) is 9.59 Å². The summed E-state index contributed by atoms with van der Waals surface area (Å²) in [5.74, 6) is 0.487. The van der Waals surface area contributed by atoms with Gasteiger partial charge < -0.3 is 19.0 Å². The minimum atomic E-state index is -0.478.